The van der Waals surface area contributed by atoms with E-state index in [4.69, 9.17) is 10.7 Å². The fourth-order valence-corrected chi connectivity index (χ4v) is 4.32. The van der Waals surface area contributed by atoms with Crippen LogP contribution in [0.5, 0.6) is 0 Å². The van der Waals surface area contributed by atoms with Gasteiger partial charge in [0, 0.05) is 24.8 Å². The number of carbonyl (C=O) groups is 1. The number of rotatable bonds is 7. The van der Waals surface area contributed by atoms with Gasteiger partial charge in [0.05, 0.1) is 11.3 Å². The van der Waals surface area contributed by atoms with Crippen molar-refractivity contribution in [3.8, 4) is 0 Å². The number of amides is 1. The van der Waals surface area contributed by atoms with Crippen molar-refractivity contribution in [2.75, 3.05) is 5.32 Å². The molecule has 0 aliphatic heterocycles. The van der Waals surface area contributed by atoms with Crippen molar-refractivity contribution in [3.63, 3.8) is 0 Å². The average Bonchev–Trinajstić information content (AvgIpc) is 3.10. The van der Waals surface area contributed by atoms with Crippen LogP contribution in [0.2, 0.25) is 0 Å². The zero-order chi connectivity index (χ0) is 21.8. The first-order chi connectivity index (χ1) is 15.0. The molecule has 0 radical (unpaired) electrons. The van der Waals surface area contributed by atoms with Gasteiger partial charge < -0.3 is 16.4 Å². The Morgan fingerprint density at radius 3 is 2.58 bits per heavy atom. The molecule has 4 rings (SSSR count). The summed E-state index contributed by atoms with van der Waals surface area (Å²) in [5.74, 6) is 1.37. The number of nitrogens with one attached hydrogen (secondary N) is 2. The predicted octanol–water partition coefficient (Wildman–Crippen LogP) is 4.14. The van der Waals surface area contributed by atoms with E-state index in [0.29, 0.717) is 23.7 Å². The molecule has 6 heteroatoms. The number of anilines is 1. The molecule has 6 nitrogen and oxygen atoms in total. The number of hydrogen-bond donors (Lipinski definition) is 3. The van der Waals surface area contributed by atoms with Crippen molar-refractivity contribution in [2.24, 2.45) is 11.7 Å². The van der Waals surface area contributed by atoms with Gasteiger partial charge in [-0.2, -0.15) is 0 Å². The van der Waals surface area contributed by atoms with E-state index in [1.54, 1.807) is 0 Å². The third kappa shape index (κ3) is 5.07. The molecule has 1 aliphatic rings. The molecule has 1 amide bonds. The second-order valence-corrected chi connectivity index (χ2v) is 9.04. The highest BCUT2D eigenvalue weighted by Crippen LogP contribution is 2.25. The van der Waals surface area contributed by atoms with E-state index in [-0.39, 0.29) is 18.0 Å². The number of imidazole rings is 1. The van der Waals surface area contributed by atoms with Crippen LogP contribution in [0.15, 0.2) is 48.7 Å². The Balaban J connectivity index is 1.61. The lowest BCUT2D eigenvalue weighted by Gasteiger charge is -2.26. The number of nitrogens with two attached hydrogens (primary N) is 1. The summed E-state index contributed by atoms with van der Waals surface area (Å²) in [6, 6.07) is 14.6. The minimum Gasteiger partial charge on any atom is -0.366 e. The summed E-state index contributed by atoms with van der Waals surface area (Å²) in [5.41, 5.74) is 9.54. The topological polar surface area (TPSA) is 84.5 Å². The molecule has 164 valence electrons. The van der Waals surface area contributed by atoms with Crippen molar-refractivity contribution in [1.29, 1.82) is 0 Å². The smallest absolute Gasteiger partial charge is 0.255 e. The largest absolute Gasteiger partial charge is 0.366 e. The summed E-state index contributed by atoms with van der Waals surface area (Å²) in [6.07, 6.45) is 6.63. The highest BCUT2D eigenvalue weighted by molar-refractivity contribution is 6.00. The molecule has 1 saturated carbocycles. The van der Waals surface area contributed by atoms with E-state index in [1.165, 1.54) is 5.56 Å². The van der Waals surface area contributed by atoms with Gasteiger partial charge in [-0.15, -0.1) is 0 Å². The Labute approximate surface area is 184 Å². The van der Waals surface area contributed by atoms with Crippen LogP contribution >= 0.6 is 0 Å². The van der Waals surface area contributed by atoms with Gasteiger partial charge in [0.2, 0.25) is 0 Å². The molecule has 31 heavy (non-hydrogen) atoms. The molecule has 0 atom stereocenters. The maximum absolute atomic E-state index is 13.1. The van der Waals surface area contributed by atoms with E-state index in [9.17, 15) is 4.79 Å². The molecule has 3 aromatic rings. The van der Waals surface area contributed by atoms with Crippen LogP contribution in [0.1, 0.15) is 61.1 Å². The Morgan fingerprint density at radius 2 is 1.87 bits per heavy atom. The van der Waals surface area contributed by atoms with Crippen molar-refractivity contribution in [2.45, 2.75) is 64.6 Å². The molecule has 0 unspecified atom stereocenters. The highest BCUT2D eigenvalue weighted by atomic mass is 16.1. The van der Waals surface area contributed by atoms with Gasteiger partial charge in [0.25, 0.3) is 5.91 Å². The Hall–Kier alpha value is -2.86. The summed E-state index contributed by atoms with van der Waals surface area (Å²) in [7, 11) is 0. The fraction of sp³-hybridized carbons (Fsp3) is 0.440. The third-order valence-electron chi connectivity index (χ3n) is 5.98. The lowest BCUT2D eigenvalue weighted by atomic mass is 9.91. The molecule has 1 aliphatic carbocycles. The van der Waals surface area contributed by atoms with Gasteiger partial charge in [-0.1, -0.05) is 44.2 Å². The molecule has 0 spiro atoms. The quantitative estimate of drug-likeness (QED) is 0.537. The third-order valence-corrected chi connectivity index (χ3v) is 5.98. The number of aromatic nitrogens is 2. The molecule has 0 saturated heterocycles. The van der Waals surface area contributed by atoms with Gasteiger partial charge in [0.1, 0.15) is 5.82 Å². The molecule has 1 aromatic carbocycles. The van der Waals surface area contributed by atoms with Crippen molar-refractivity contribution in [3.05, 3.63) is 65.5 Å². The minimum absolute atomic E-state index is 0.0539. The van der Waals surface area contributed by atoms with E-state index >= 15 is 0 Å². The predicted molar refractivity (Wildman–Crippen MR) is 125 cm³/mol. The van der Waals surface area contributed by atoms with Crippen LogP contribution in [0.3, 0.4) is 0 Å². The first kappa shape index (κ1) is 21.4. The van der Waals surface area contributed by atoms with E-state index in [1.807, 2.05) is 40.9 Å². The van der Waals surface area contributed by atoms with E-state index in [0.717, 1.165) is 43.6 Å². The standard InChI is InChI=1S/C25H33N5O/c1-17(2)15-22-24(27-16-18-7-4-3-5-8-18)30-14-6-9-21(23(30)29-22)25(31)28-20-12-10-19(26)11-13-20/h3-9,14,17,19-20,27H,10-13,15-16,26H2,1-2H3,(H,28,31). The van der Waals surface area contributed by atoms with Crippen LogP contribution in [0.4, 0.5) is 5.82 Å². The number of benzene rings is 1. The fourth-order valence-electron chi connectivity index (χ4n) is 4.32. The summed E-state index contributed by atoms with van der Waals surface area (Å²) in [4.78, 5) is 18.0. The zero-order valence-electron chi connectivity index (χ0n) is 18.5. The number of fused-ring (bicyclic) bond motifs is 1. The summed E-state index contributed by atoms with van der Waals surface area (Å²) in [6.45, 7) is 5.08. The Bertz CT molecular complexity index is 1020. The summed E-state index contributed by atoms with van der Waals surface area (Å²) >= 11 is 0. The molecule has 2 aromatic heterocycles. The monoisotopic (exact) mass is 419 g/mol. The number of nitrogens with zero attached hydrogens (tertiary/aromatic N) is 2. The summed E-state index contributed by atoms with van der Waals surface area (Å²) in [5, 5.41) is 6.77. The number of pyridine rings is 1. The number of hydrogen-bond acceptors (Lipinski definition) is 4. The zero-order valence-corrected chi connectivity index (χ0v) is 18.5. The van der Waals surface area contributed by atoms with Crippen LogP contribution < -0.4 is 16.4 Å². The maximum Gasteiger partial charge on any atom is 0.255 e. The Kier molecular flexibility index (Phi) is 6.56. The summed E-state index contributed by atoms with van der Waals surface area (Å²) < 4.78 is 2.02. The van der Waals surface area contributed by atoms with E-state index < -0.39 is 0 Å². The second kappa shape index (κ2) is 9.52. The van der Waals surface area contributed by atoms with Gasteiger partial charge in [-0.3, -0.25) is 9.20 Å². The maximum atomic E-state index is 13.1. The lowest BCUT2D eigenvalue weighted by molar-refractivity contribution is 0.0927. The second-order valence-electron chi connectivity index (χ2n) is 9.04. The van der Waals surface area contributed by atoms with Crippen molar-refractivity contribution >= 4 is 17.4 Å². The Morgan fingerprint density at radius 1 is 1.13 bits per heavy atom. The number of carbonyl (C=O) groups excluding carboxylic acids is 1. The molecule has 4 N–H and O–H groups in total. The highest BCUT2D eigenvalue weighted by Gasteiger charge is 2.23. The van der Waals surface area contributed by atoms with Crippen molar-refractivity contribution < 1.29 is 4.79 Å². The van der Waals surface area contributed by atoms with E-state index in [2.05, 4.69) is 36.6 Å². The molecular formula is C25H33N5O. The molecular weight excluding hydrogens is 386 g/mol. The molecule has 2 heterocycles. The van der Waals surface area contributed by atoms with Crippen LogP contribution in [0.25, 0.3) is 5.65 Å². The first-order valence-electron chi connectivity index (χ1n) is 11.4. The van der Waals surface area contributed by atoms with Crippen LogP contribution in [-0.4, -0.2) is 27.4 Å². The molecule has 0 bridgehead atoms. The minimum atomic E-state index is -0.0539. The SMILES string of the molecule is CC(C)Cc1nc2c(C(=O)NC3CCC(N)CC3)cccn2c1NCc1ccccc1. The van der Waals surface area contributed by atoms with Crippen LogP contribution in [0, 0.1) is 5.92 Å². The van der Waals surface area contributed by atoms with Gasteiger partial charge >= 0.3 is 0 Å². The van der Waals surface area contributed by atoms with Crippen molar-refractivity contribution in [1.82, 2.24) is 14.7 Å². The molecule has 1 fully saturated rings. The van der Waals surface area contributed by atoms with Gasteiger partial charge in [0.15, 0.2) is 5.65 Å². The normalized spacial score (nSPS) is 19.0. The first-order valence-corrected chi connectivity index (χ1v) is 11.4. The average molecular weight is 420 g/mol. The van der Waals surface area contributed by atoms with Gasteiger partial charge in [-0.25, -0.2) is 4.98 Å². The van der Waals surface area contributed by atoms with Crippen LogP contribution in [-0.2, 0) is 13.0 Å². The lowest BCUT2D eigenvalue weighted by Crippen LogP contribution is -2.40. The van der Waals surface area contributed by atoms with Gasteiger partial charge in [-0.05, 0) is 55.7 Å².